The molecule has 1 aromatic carbocycles. The van der Waals surface area contributed by atoms with Gasteiger partial charge in [0.2, 0.25) is 10.0 Å². The Kier molecular flexibility index (Phi) is 6.34. The lowest BCUT2D eigenvalue weighted by molar-refractivity contribution is 0.0927. The maximum absolute atomic E-state index is 12.5. The summed E-state index contributed by atoms with van der Waals surface area (Å²) < 4.78 is 26.4. The Labute approximate surface area is 143 Å². The maximum atomic E-state index is 12.5. The van der Waals surface area contributed by atoms with Crippen LogP contribution in [0.4, 0.5) is 0 Å². The molecule has 1 amide bonds. The van der Waals surface area contributed by atoms with E-state index in [9.17, 15) is 18.3 Å². The van der Waals surface area contributed by atoms with Crippen LogP contribution in [0.15, 0.2) is 29.2 Å². The summed E-state index contributed by atoms with van der Waals surface area (Å²) in [4.78, 5) is 12.4. The number of carbonyl (C=O) groups is 1. The number of aliphatic hydroxyl groups is 1. The van der Waals surface area contributed by atoms with Crippen LogP contribution in [-0.4, -0.2) is 62.6 Å². The summed E-state index contributed by atoms with van der Waals surface area (Å²) in [5.74, 6) is -0.373. The second-order valence-corrected chi connectivity index (χ2v) is 7.75. The molecule has 2 rings (SSSR count). The molecule has 0 bridgehead atoms. The van der Waals surface area contributed by atoms with E-state index < -0.39 is 16.1 Å². The van der Waals surface area contributed by atoms with Crippen molar-refractivity contribution >= 4 is 15.9 Å². The van der Waals surface area contributed by atoms with Gasteiger partial charge in [-0.1, -0.05) is 19.9 Å². The molecule has 134 valence electrons. The van der Waals surface area contributed by atoms with Crippen LogP contribution in [0.2, 0.25) is 0 Å². The number of nitrogens with one attached hydrogen (secondary N) is 2. The number of hydrogen-bond donors (Lipinski definition) is 3. The third-order valence-electron chi connectivity index (χ3n) is 4.27. The van der Waals surface area contributed by atoms with Crippen molar-refractivity contribution in [1.29, 1.82) is 0 Å². The fraction of sp³-hybridized carbons (Fsp3) is 0.562. The molecular formula is C16H25N3O4S. The third kappa shape index (κ3) is 4.13. The smallest absolute Gasteiger partial charge is 0.251 e. The van der Waals surface area contributed by atoms with Crippen molar-refractivity contribution in [3.05, 3.63) is 29.8 Å². The average molecular weight is 355 g/mol. The minimum Gasteiger partial charge on any atom is -0.391 e. The largest absolute Gasteiger partial charge is 0.391 e. The molecule has 0 spiro atoms. The van der Waals surface area contributed by atoms with E-state index in [1.807, 2.05) is 0 Å². The van der Waals surface area contributed by atoms with Gasteiger partial charge in [-0.2, -0.15) is 4.31 Å². The quantitative estimate of drug-likeness (QED) is 0.641. The van der Waals surface area contributed by atoms with Crippen LogP contribution in [0.5, 0.6) is 0 Å². The fourth-order valence-corrected chi connectivity index (χ4v) is 4.27. The van der Waals surface area contributed by atoms with Crippen molar-refractivity contribution in [2.24, 2.45) is 5.92 Å². The highest BCUT2D eigenvalue weighted by Crippen LogP contribution is 2.17. The molecule has 2 unspecified atom stereocenters. The van der Waals surface area contributed by atoms with E-state index in [4.69, 9.17) is 0 Å². The monoisotopic (exact) mass is 355 g/mol. The van der Waals surface area contributed by atoms with E-state index in [1.54, 1.807) is 26.0 Å². The normalized spacial score (nSPS) is 21.2. The standard InChI is InChI=1S/C16H25N3O4S/c1-3-19(4-2)24(22,23)14-7-5-6-12(8-14)16(21)18-10-13-9-17-11-15(13)20/h5-8,13,15,17,20H,3-4,9-11H2,1-2H3,(H,18,21). The zero-order valence-electron chi connectivity index (χ0n) is 14.0. The topological polar surface area (TPSA) is 98.7 Å². The molecule has 3 N–H and O–H groups in total. The van der Waals surface area contributed by atoms with Gasteiger partial charge in [-0.05, 0) is 18.2 Å². The number of rotatable bonds is 7. The van der Waals surface area contributed by atoms with Crippen molar-refractivity contribution in [3.63, 3.8) is 0 Å². The Morgan fingerprint density at radius 1 is 1.33 bits per heavy atom. The molecule has 1 aromatic rings. The molecule has 1 aliphatic heterocycles. The predicted octanol–water partition coefficient (Wildman–Crippen LogP) is 0.0272. The summed E-state index contributed by atoms with van der Waals surface area (Å²) in [6.45, 7) is 5.83. The Balaban J connectivity index is 2.10. The molecule has 2 atom stereocenters. The van der Waals surface area contributed by atoms with Crippen LogP contribution >= 0.6 is 0 Å². The second-order valence-electron chi connectivity index (χ2n) is 5.81. The van der Waals surface area contributed by atoms with Gasteiger partial charge in [0.05, 0.1) is 11.0 Å². The maximum Gasteiger partial charge on any atom is 0.251 e. The van der Waals surface area contributed by atoms with Crippen LogP contribution < -0.4 is 10.6 Å². The molecular weight excluding hydrogens is 330 g/mol. The summed E-state index contributed by atoms with van der Waals surface area (Å²) >= 11 is 0. The van der Waals surface area contributed by atoms with Crippen LogP contribution in [0.3, 0.4) is 0 Å². The van der Waals surface area contributed by atoms with Gasteiger partial charge in [0, 0.05) is 44.2 Å². The summed E-state index contributed by atoms with van der Waals surface area (Å²) in [7, 11) is -3.59. The van der Waals surface area contributed by atoms with Gasteiger partial charge in [-0.25, -0.2) is 8.42 Å². The summed E-state index contributed by atoms with van der Waals surface area (Å²) in [5.41, 5.74) is 0.295. The number of sulfonamides is 1. The number of amides is 1. The van der Waals surface area contributed by atoms with Gasteiger partial charge in [0.1, 0.15) is 0 Å². The van der Waals surface area contributed by atoms with E-state index in [2.05, 4.69) is 10.6 Å². The lowest BCUT2D eigenvalue weighted by Crippen LogP contribution is -2.34. The van der Waals surface area contributed by atoms with E-state index in [0.29, 0.717) is 38.3 Å². The zero-order chi connectivity index (χ0) is 17.7. The molecule has 0 saturated carbocycles. The van der Waals surface area contributed by atoms with E-state index >= 15 is 0 Å². The zero-order valence-corrected chi connectivity index (χ0v) is 14.8. The highest BCUT2D eigenvalue weighted by atomic mass is 32.2. The van der Waals surface area contributed by atoms with Gasteiger partial charge in [0.15, 0.2) is 0 Å². The number of carbonyl (C=O) groups excluding carboxylic acids is 1. The minimum atomic E-state index is -3.59. The van der Waals surface area contributed by atoms with E-state index in [0.717, 1.165) is 0 Å². The van der Waals surface area contributed by atoms with Crippen LogP contribution in [0.25, 0.3) is 0 Å². The molecule has 0 aliphatic carbocycles. The first-order valence-electron chi connectivity index (χ1n) is 8.17. The summed E-state index contributed by atoms with van der Waals surface area (Å²) in [5, 5.41) is 15.6. The number of nitrogens with zero attached hydrogens (tertiary/aromatic N) is 1. The van der Waals surface area contributed by atoms with Crippen LogP contribution in [-0.2, 0) is 10.0 Å². The summed E-state index contributed by atoms with van der Waals surface area (Å²) in [6.07, 6.45) is -0.473. The molecule has 0 radical (unpaired) electrons. The van der Waals surface area contributed by atoms with Crippen molar-refractivity contribution in [1.82, 2.24) is 14.9 Å². The molecule has 1 fully saturated rings. The van der Waals surface area contributed by atoms with Gasteiger partial charge < -0.3 is 15.7 Å². The third-order valence-corrected chi connectivity index (χ3v) is 6.31. The molecule has 1 heterocycles. The summed E-state index contributed by atoms with van der Waals surface area (Å²) in [6, 6.07) is 6.04. The van der Waals surface area contributed by atoms with Crippen LogP contribution in [0.1, 0.15) is 24.2 Å². The fourth-order valence-electron chi connectivity index (χ4n) is 2.76. The number of hydrogen-bond acceptors (Lipinski definition) is 5. The lowest BCUT2D eigenvalue weighted by atomic mass is 10.1. The Bertz CT molecular complexity index is 674. The van der Waals surface area contributed by atoms with E-state index in [1.165, 1.54) is 16.4 Å². The van der Waals surface area contributed by atoms with Crippen LogP contribution in [0, 0.1) is 5.92 Å². The van der Waals surface area contributed by atoms with Gasteiger partial charge in [-0.15, -0.1) is 0 Å². The van der Waals surface area contributed by atoms with Crippen molar-refractivity contribution < 1.29 is 18.3 Å². The minimum absolute atomic E-state index is 0.0310. The molecule has 1 aliphatic rings. The Hall–Kier alpha value is -1.48. The van der Waals surface area contributed by atoms with Crippen molar-refractivity contribution in [2.75, 3.05) is 32.7 Å². The molecule has 1 saturated heterocycles. The number of benzene rings is 1. The first-order chi connectivity index (χ1) is 11.4. The first kappa shape index (κ1) is 18.9. The Morgan fingerprint density at radius 3 is 2.62 bits per heavy atom. The van der Waals surface area contributed by atoms with Crippen molar-refractivity contribution in [3.8, 4) is 0 Å². The lowest BCUT2D eigenvalue weighted by Gasteiger charge is -2.19. The molecule has 0 aromatic heterocycles. The van der Waals surface area contributed by atoms with Gasteiger partial charge in [0.25, 0.3) is 5.91 Å². The molecule has 7 nitrogen and oxygen atoms in total. The van der Waals surface area contributed by atoms with E-state index in [-0.39, 0.29) is 16.7 Å². The highest BCUT2D eigenvalue weighted by Gasteiger charge is 2.26. The molecule has 24 heavy (non-hydrogen) atoms. The average Bonchev–Trinajstić information content (AvgIpc) is 2.98. The number of aliphatic hydroxyl groups excluding tert-OH is 1. The Morgan fingerprint density at radius 2 is 2.04 bits per heavy atom. The molecule has 8 heteroatoms. The highest BCUT2D eigenvalue weighted by molar-refractivity contribution is 7.89. The first-order valence-corrected chi connectivity index (χ1v) is 9.61. The van der Waals surface area contributed by atoms with Crippen molar-refractivity contribution in [2.45, 2.75) is 24.8 Å². The predicted molar refractivity (Wildman–Crippen MR) is 91.2 cm³/mol. The number of β-amino-alcohol motifs (C(OH)–C–C–N with tert-alkyl or cyclic N) is 1. The second kappa shape index (κ2) is 8.06. The van der Waals surface area contributed by atoms with Gasteiger partial charge >= 0.3 is 0 Å². The van der Waals surface area contributed by atoms with Gasteiger partial charge in [-0.3, -0.25) is 4.79 Å². The SMILES string of the molecule is CCN(CC)S(=O)(=O)c1cccc(C(=O)NCC2CNCC2O)c1.